The lowest BCUT2D eigenvalue weighted by Crippen LogP contribution is -2.18. The zero-order chi connectivity index (χ0) is 13.1. The van der Waals surface area contributed by atoms with E-state index in [1.807, 2.05) is 12.1 Å². The van der Waals surface area contributed by atoms with Gasteiger partial charge in [0.05, 0.1) is 6.54 Å². The number of aromatic nitrogens is 2. The lowest BCUT2D eigenvalue weighted by Gasteiger charge is -2.09. The molecule has 1 aliphatic heterocycles. The summed E-state index contributed by atoms with van der Waals surface area (Å²) in [7, 11) is 0. The molecule has 0 aliphatic carbocycles. The molecule has 1 N–H and O–H groups in total. The minimum Gasteiger partial charge on any atom is -0.376 e. The lowest BCUT2D eigenvalue weighted by atomic mass is 10.2. The van der Waals surface area contributed by atoms with Crippen LogP contribution in [-0.4, -0.2) is 23.2 Å². The normalized spacial score (nSPS) is 14.9. The van der Waals surface area contributed by atoms with Crippen molar-refractivity contribution >= 4 is 11.6 Å². The Morgan fingerprint density at radius 3 is 2.68 bits per heavy atom. The molecule has 1 aliphatic rings. The molecular weight excluding hydrogens is 240 g/mol. The van der Waals surface area contributed by atoms with E-state index in [1.54, 1.807) is 0 Å². The average Bonchev–Trinajstić information content (AvgIpc) is 3.09. The van der Waals surface area contributed by atoms with E-state index in [-0.39, 0.29) is 0 Å². The van der Waals surface area contributed by atoms with Crippen molar-refractivity contribution in [3.8, 4) is 0 Å². The second-order valence-electron chi connectivity index (χ2n) is 4.90. The molecule has 5 heteroatoms. The fraction of sp³-hybridized carbons (Fsp3) is 0.429. The maximum atomic E-state index is 5.26. The maximum absolute atomic E-state index is 5.26. The molecule has 1 aromatic carbocycles. The molecule has 0 atom stereocenters. The number of nitrogens with one attached hydrogen (secondary N) is 1. The Labute approximate surface area is 112 Å². The summed E-state index contributed by atoms with van der Waals surface area (Å²) < 4.78 is 5.26. The number of rotatable bonds is 4. The van der Waals surface area contributed by atoms with E-state index < -0.39 is 0 Å². The molecule has 3 rings (SSSR count). The summed E-state index contributed by atoms with van der Waals surface area (Å²) in [5.74, 6) is 1.35. The van der Waals surface area contributed by atoms with Crippen molar-refractivity contribution in [3.05, 3.63) is 35.7 Å². The molecular formula is C14H18N4O. The van der Waals surface area contributed by atoms with Gasteiger partial charge < -0.3 is 14.7 Å². The van der Waals surface area contributed by atoms with Gasteiger partial charge in [0.1, 0.15) is 0 Å². The fourth-order valence-electron chi connectivity index (χ4n) is 2.21. The summed E-state index contributed by atoms with van der Waals surface area (Å²) >= 11 is 0. The highest BCUT2D eigenvalue weighted by molar-refractivity contribution is 5.44. The highest BCUT2D eigenvalue weighted by Gasteiger charge is 2.17. The van der Waals surface area contributed by atoms with Gasteiger partial charge in [0.15, 0.2) is 0 Å². The first-order valence-corrected chi connectivity index (χ1v) is 6.69. The van der Waals surface area contributed by atoms with Crippen molar-refractivity contribution in [1.82, 2.24) is 10.1 Å². The SMILES string of the molecule is Cc1ccc(NCc2nc(N3CCCC3)no2)cc1. The van der Waals surface area contributed by atoms with Gasteiger partial charge in [0.25, 0.3) is 5.95 Å². The van der Waals surface area contributed by atoms with E-state index in [0.717, 1.165) is 24.7 Å². The van der Waals surface area contributed by atoms with E-state index >= 15 is 0 Å². The van der Waals surface area contributed by atoms with Gasteiger partial charge in [0.2, 0.25) is 5.89 Å². The zero-order valence-electron chi connectivity index (χ0n) is 11.1. The molecule has 2 aromatic rings. The number of benzene rings is 1. The van der Waals surface area contributed by atoms with Crippen molar-refractivity contribution in [2.24, 2.45) is 0 Å². The van der Waals surface area contributed by atoms with Crippen LogP contribution >= 0.6 is 0 Å². The summed E-state index contributed by atoms with van der Waals surface area (Å²) in [5, 5.41) is 7.30. The first kappa shape index (κ1) is 12.0. The third kappa shape index (κ3) is 2.86. The minimum atomic E-state index is 0.559. The predicted octanol–water partition coefficient (Wildman–Crippen LogP) is 2.59. The molecule has 0 amide bonds. The Morgan fingerprint density at radius 1 is 1.21 bits per heavy atom. The van der Waals surface area contributed by atoms with E-state index in [1.165, 1.54) is 18.4 Å². The second-order valence-corrected chi connectivity index (χ2v) is 4.90. The largest absolute Gasteiger partial charge is 0.376 e. The molecule has 5 nitrogen and oxygen atoms in total. The summed E-state index contributed by atoms with van der Waals surface area (Å²) in [5.41, 5.74) is 2.31. The third-order valence-corrected chi connectivity index (χ3v) is 3.34. The van der Waals surface area contributed by atoms with Crippen molar-refractivity contribution in [2.45, 2.75) is 26.3 Å². The molecule has 1 aromatic heterocycles. The van der Waals surface area contributed by atoms with E-state index in [4.69, 9.17) is 4.52 Å². The molecule has 0 radical (unpaired) electrons. The number of hydrogen-bond donors (Lipinski definition) is 1. The van der Waals surface area contributed by atoms with Gasteiger partial charge in [-0.2, -0.15) is 4.98 Å². The van der Waals surface area contributed by atoms with Crippen LogP contribution in [0.4, 0.5) is 11.6 Å². The van der Waals surface area contributed by atoms with E-state index in [2.05, 4.69) is 39.4 Å². The molecule has 0 bridgehead atoms. The van der Waals surface area contributed by atoms with Crippen LogP contribution in [0.1, 0.15) is 24.3 Å². The van der Waals surface area contributed by atoms with Gasteiger partial charge in [-0.3, -0.25) is 0 Å². The summed E-state index contributed by atoms with van der Waals surface area (Å²) in [4.78, 5) is 6.58. The molecule has 0 spiro atoms. The standard InChI is InChI=1S/C14H18N4O/c1-11-4-6-12(7-5-11)15-10-13-16-14(17-19-13)18-8-2-3-9-18/h4-7,15H,2-3,8-10H2,1H3. The highest BCUT2D eigenvalue weighted by Crippen LogP contribution is 2.17. The summed E-state index contributed by atoms with van der Waals surface area (Å²) in [6.45, 7) is 4.70. The maximum Gasteiger partial charge on any atom is 0.266 e. The molecule has 2 heterocycles. The van der Waals surface area contributed by atoms with Crippen molar-refractivity contribution < 1.29 is 4.52 Å². The Hall–Kier alpha value is -2.04. The van der Waals surface area contributed by atoms with Gasteiger partial charge in [-0.25, -0.2) is 0 Å². The van der Waals surface area contributed by atoms with Crippen LogP contribution in [0.15, 0.2) is 28.8 Å². The summed E-state index contributed by atoms with van der Waals surface area (Å²) in [6, 6.07) is 8.25. The van der Waals surface area contributed by atoms with Crippen molar-refractivity contribution in [3.63, 3.8) is 0 Å². The van der Waals surface area contributed by atoms with Gasteiger partial charge in [-0.1, -0.05) is 17.7 Å². The second kappa shape index (κ2) is 5.30. The molecule has 0 unspecified atom stereocenters. The molecule has 100 valence electrons. The lowest BCUT2D eigenvalue weighted by molar-refractivity contribution is 0.383. The van der Waals surface area contributed by atoms with Gasteiger partial charge in [-0.05, 0) is 37.1 Å². The van der Waals surface area contributed by atoms with Crippen LogP contribution < -0.4 is 10.2 Å². The van der Waals surface area contributed by atoms with Gasteiger partial charge in [-0.15, -0.1) is 0 Å². The minimum absolute atomic E-state index is 0.559. The average molecular weight is 258 g/mol. The zero-order valence-corrected chi connectivity index (χ0v) is 11.1. The van der Waals surface area contributed by atoms with Gasteiger partial charge in [0, 0.05) is 18.8 Å². The van der Waals surface area contributed by atoms with Crippen molar-refractivity contribution in [2.75, 3.05) is 23.3 Å². The van der Waals surface area contributed by atoms with Crippen molar-refractivity contribution in [1.29, 1.82) is 0 Å². The van der Waals surface area contributed by atoms with Crippen LogP contribution in [0.3, 0.4) is 0 Å². The Bertz CT molecular complexity index is 529. The Kier molecular flexibility index (Phi) is 3.35. The topological polar surface area (TPSA) is 54.2 Å². The third-order valence-electron chi connectivity index (χ3n) is 3.34. The predicted molar refractivity (Wildman–Crippen MR) is 74.3 cm³/mol. The molecule has 0 saturated carbocycles. The van der Waals surface area contributed by atoms with Crippen LogP contribution in [0, 0.1) is 6.92 Å². The highest BCUT2D eigenvalue weighted by atomic mass is 16.5. The number of aryl methyl sites for hydroxylation is 1. The monoisotopic (exact) mass is 258 g/mol. The van der Waals surface area contributed by atoms with E-state index in [0.29, 0.717) is 12.4 Å². The van der Waals surface area contributed by atoms with Crippen LogP contribution in [-0.2, 0) is 6.54 Å². The smallest absolute Gasteiger partial charge is 0.266 e. The number of hydrogen-bond acceptors (Lipinski definition) is 5. The fourth-order valence-corrected chi connectivity index (χ4v) is 2.21. The number of anilines is 2. The first-order valence-electron chi connectivity index (χ1n) is 6.69. The number of nitrogens with zero attached hydrogens (tertiary/aromatic N) is 3. The van der Waals surface area contributed by atoms with E-state index in [9.17, 15) is 0 Å². The Morgan fingerprint density at radius 2 is 1.95 bits per heavy atom. The quantitative estimate of drug-likeness (QED) is 0.913. The molecule has 1 fully saturated rings. The molecule has 1 saturated heterocycles. The van der Waals surface area contributed by atoms with Gasteiger partial charge >= 0.3 is 0 Å². The Balaban J connectivity index is 1.59. The van der Waals surface area contributed by atoms with Crippen LogP contribution in [0.5, 0.6) is 0 Å². The van der Waals surface area contributed by atoms with Crippen LogP contribution in [0.25, 0.3) is 0 Å². The molecule has 19 heavy (non-hydrogen) atoms. The van der Waals surface area contributed by atoms with Crippen LogP contribution in [0.2, 0.25) is 0 Å². The summed E-state index contributed by atoms with van der Waals surface area (Å²) in [6.07, 6.45) is 2.43. The first-order chi connectivity index (χ1) is 9.31.